The van der Waals surface area contributed by atoms with Gasteiger partial charge in [0.05, 0.1) is 61.0 Å². The zero-order chi connectivity index (χ0) is 71.4. The van der Waals surface area contributed by atoms with Crippen molar-refractivity contribution in [2.75, 3.05) is 6.61 Å². The summed E-state index contributed by atoms with van der Waals surface area (Å²) in [5.74, 6) is -1.47. The van der Waals surface area contributed by atoms with Crippen LogP contribution in [0.5, 0.6) is 0 Å². The van der Waals surface area contributed by atoms with E-state index in [9.17, 15) is 14.7 Å². The number of carboxylic acid groups (broad SMARTS) is 1. The number of carboxylic acids is 1. The number of halogens is 3. The highest BCUT2D eigenvalue weighted by atomic mass is 79.9. The fourth-order valence-corrected chi connectivity index (χ4v) is 15.3. The highest BCUT2D eigenvalue weighted by Crippen LogP contribution is 2.47. The van der Waals surface area contributed by atoms with Crippen LogP contribution in [0.4, 0.5) is 0 Å². The van der Waals surface area contributed by atoms with Crippen molar-refractivity contribution in [3.8, 4) is 66.2 Å². The molecule has 4 aromatic carbocycles. The Morgan fingerprint density at radius 2 is 0.890 bits per heavy atom. The van der Waals surface area contributed by atoms with Crippen molar-refractivity contribution in [1.29, 1.82) is 0 Å². The lowest BCUT2D eigenvalue weighted by molar-refractivity contribution is -0.166. The van der Waals surface area contributed by atoms with Gasteiger partial charge in [-0.2, -0.15) is 0 Å². The lowest BCUT2D eigenvalue weighted by atomic mass is 9.91. The number of hydrogen-bond acceptors (Lipinski definition) is 14. The van der Waals surface area contributed by atoms with Crippen LogP contribution >= 0.6 is 61.8 Å². The number of aryl methyl sites for hydroxylation is 8. The Morgan fingerprint density at radius 1 is 0.500 bits per heavy atom. The standard InChI is InChI=1S/C36H35ClN4O3S.C34H31ClN4O3S.C9H9BrN2/c1-8-43-35(42)31(44-36(4,5)6)29-20(2)17-28-32(30(29)22-9-11-24(37)12-10-22)45-34(40-28)23-15-16-38-27(18-23)26-14-13-25-21(3)19-41(7)33(25)39-26;1-18-15-26-30(28(20-7-9-22(35)10-8-20)27(18)29(33(40)41)42-34(3,4)5)43-32(38-26)21-13-14-36-25(16-21)24-12-11-23-19(2)17-39(6)31(23)37-24;1-6-5-12(2)9-7(6)3-4-8(10)11-9/h9-19,31H,8H2,1-7H3;7-17,29H,1-6H3,(H,40,41);3-5H,1-2H3/t31-;29-;/m00./s1. The molecule has 0 fully saturated rings. The summed E-state index contributed by atoms with van der Waals surface area (Å²) in [6.45, 7) is 23.6. The molecule has 14 rings (SSSR count). The van der Waals surface area contributed by atoms with Gasteiger partial charge in [-0.1, -0.05) is 47.5 Å². The first kappa shape index (κ1) is 70.8. The maximum absolute atomic E-state index is 13.5. The average molecular weight is 1480 g/mol. The zero-order valence-electron chi connectivity index (χ0n) is 58.2. The molecular weight excluding hydrogens is 1400 g/mol. The fourth-order valence-electron chi connectivity index (χ4n) is 12.5. The van der Waals surface area contributed by atoms with E-state index in [4.69, 9.17) is 57.3 Å². The van der Waals surface area contributed by atoms with Gasteiger partial charge >= 0.3 is 11.9 Å². The van der Waals surface area contributed by atoms with Crippen LogP contribution < -0.4 is 0 Å². The normalized spacial score (nSPS) is 12.5. The van der Waals surface area contributed by atoms with Gasteiger partial charge in [-0.3, -0.25) is 9.97 Å². The van der Waals surface area contributed by atoms with Gasteiger partial charge in [0.2, 0.25) is 0 Å². The van der Waals surface area contributed by atoms with E-state index in [0.29, 0.717) is 15.6 Å². The molecule has 0 aliphatic carbocycles. The fraction of sp³-hybridized carbons (Fsp3) is 0.253. The molecule has 14 aromatic rings. The smallest absolute Gasteiger partial charge is 0.339 e. The van der Waals surface area contributed by atoms with Gasteiger partial charge in [0.25, 0.3) is 0 Å². The van der Waals surface area contributed by atoms with Gasteiger partial charge in [0.15, 0.2) is 12.2 Å². The molecule has 0 aliphatic rings. The number of thiazole rings is 2. The van der Waals surface area contributed by atoms with E-state index in [2.05, 4.69) is 88.4 Å². The second-order valence-corrected chi connectivity index (χ2v) is 30.5. The van der Waals surface area contributed by atoms with Gasteiger partial charge in [-0.05, 0) is 235 Å². The van der Waals surface area contributed by atoms with Crippen LogP contribution in [0.1, 0.15) is 99.6 Å². The second kappa shape index (κ2) is 28.5. The van der Waals surface area contributed by atoms with Gasteiger partial charge < -0.3 is 33.0 Å². The molecule has 16 nitrogen and oxygen atoms in total. The van der Waals surface area contributed by atoms with Crippen LogP contribution in [-0.2, 0) is 44.9 Å². The van der Waals surface area contributed by atoms with Crippen molar-refractivity contribution in [3.05, 3.63) is 206 Å². The molecule has 0 unspecified atom stereocenters. The van der Waals surface area contributed by atoms with Crippen LogP contribution in [0.25, 0.3) is 120 Å². The Hall–Kier alpha value is -9.05. The van der Waals surface area contributed by atoms with E-state index >= 15 is 0 Å². The molecule has 510 valence electrons. The molecule has 10 heterocycles. The van der Waals surface area contributed by atoms with E-state index in [1.54, 1.807) is 30.7 Å². The summed E-state index contributed by atoms with van der Waals surface area (Å²) in [6.07, 6.45) is 7.71. The molecule has 2 atom stereocenters. The number of carbonyl (C=O) groups is 2. The minimum atomic E-state index is -1.17. The predicted octanol–water partition coefficient (Wildman–Crippen LogP) is 20.7. The molecule has 0 aliphatic heterocycles. The summed E-state index contributed by atoms with van der Waals surface area (Å²) in [6, 6.07) is 39.2. The maximum Gasteiger partial charge on any atom is 0.339 e. The number of aromatic nitrogens is 10. The third-order valence-corrected chi connectivity index (χ3v) is 20.1. The number of pyridine rings is 5. The first-order valence-electron chi connectivity index (χ1n) is 32.5. The number of fused-ring (bicyclic) bond motifs is 5. The van der Waals surface area contributed by atoms with E-state index < -0.39 is 35.3 Å². The molecule has 0 amide bonds. The van der Waals surface area contributed by atoms with Crippen LogP contribution in [0.15, 0.2) is 157 Å². The molecule has 0 spiro atoms. The summed E-state index contributed by atoms with van der Waals surface area (Å²) in [5.41, 5.74) is 18.2. The Labute approximate surface area is 606 Å². The molecule has 0 saturated heterocycles. The Kier molecular flexibility index (Phi) is 20.2. The average Bonchev–Trinajstić information content (AvgIpc) is 1.48. The molecular formula is C79H75BrCl2N10O6S2. The number of benzene rings is 4. The summed E-state index contributed by atoms with van der Waals surface area (Å²) in [7, 11) is 6.01. The lowest BCUT2D eigenvalue weighted by Crippen LogP contribution is -2.29. The van der Waals surface area contributed by atoms with E-state index in [1.807, 2.05) is 193 Å². The second-order valence-electron chi connectivity index (χ2n) is 26.8. The van der Waals surface area contributed by atoms with Crippen LogP contribution in [0.3, 0.4) is 0 Å². The molecule has 21 heteroatoms. The minimum Gasteiger partial charge on any atom is -0.479 e. The molecule has 0 saturated carbocycles. The number of ether oxygens (including phenoxy) is 3. The number of aliphatic carboxylic acids is 1. The SMILES string of the molecule is CCOC(=O)[C@@H](OC(C)(C)C)c1c(C)cc2nc(-c3ccnc(-c4ccc5c(C)cn(C)c5n4)c3)sc2c1-c1ccc(Cl)cc1.Cc1cc2nc(-c3ccnc(-c4ccc5c(C)cn(C)c5n4)c3)sc2c(-c2ccc(Cl)cc2)c1[C@H](OC(C)(C)C)C(=O)O.Cc1cn(C)c2nc(Br)ccc12. The number of hydrogen-bond donors (Lipinski definition) is 1. The third-order valence-electron chi connectivity index (χ3n) is 16.9. The zero-order valence-corrected chi connectivity index (χ0v) is 62.9. The summed E-state index contributed by atoms with van der Waals surface area (Å²) < 4.78 is 26.9. The van der Waals surface area contributed by atoms with Crippen molar-refractivity contribution in [1.82, 2.24) is 48.6 Å². The topological polar surface area (TPSA) is 187 Å². The van der Waals surface area contributed by atoms with Gasteiger partial charge in [-0.25, -0.2) is 34.5 Å². The largest absolute Gasteiger partial charge is 0.479 e. The quantitative estimate of drug-likeness (QED) is 0.0849. The Morgan fingerprint density at radius 3 is 1.29 bits per heavy atom. The third kappa shape index (κ3) is 14.9. The Balaban J connectivity index is 0.000000162. The molecule has 0 bridgehead atoms. The summed E-state index contributed by atoms with van der Waals surface area (Å²) in [5, 5.41) is 16.7. The van der Waals surface area contributed by atoms with Crippen molar-refractivity contribution in [2.24, 2.45) is 21.1 Å². The predicted molar refractivity (Wildman–Crippen MR) is 410 cm³/mol. The number of rotatable bonds is 13. The van der Waals surface area contributed by atoms with Crippen LogP contribution in [-0.4, -0.2) is 83.4 Å². The summed E-state index contributed by atoms with van der Waals surface area (Å²) >= 11 is 19.0. The maximum atomic E-state index is 13.5. The van der Waals surface area contributed by atoms with Crippen LogP contribution in [0.2, 0.25) is 10.0 Å². The lowest BCUT2D eigenvalue weighted by Gasteiger charge is -2.29. The molecule has 0 radical (unpaired) electrons. The van der Waals surface area contributed by atoms with E-state index in [1.165, 1.54) is 33.4 Å². The van der Waals surface area contributed by atoms with Crippen molar-refractivity contribution in [3.63, 3.8) is 0 Å². The van der Waals surface area contributed by atoms with Crippen molar-refractivity contribution in [2.45, 2.75) is 106 Å². The van der Waals surface area contributed by atoms with Gasteiger partial charge in [0, 0.05) is 112 Å². The van der Waals surface area contributed by atoms with E-state index in [0.717, 1.165) is 136 Å². The van der Waals surface area contributed by atoms with Gasteiger partial charge in [0.1, 0.15) is 31.6 Å². The van der Waals surface area contributed by atoms with Crippen molar-refractivity contribution < 1.29 is 28.9 Å². The monoisotopic (exact) mass is 1470 g/mol. The van der Waals surface area contributed by atoms with E-state index in [-0.39, 0.29) is 6.61 Å². The van der Waals surface area contributed by atoms with Crippen molar-refractivity contribution >= 4 is 127 Å². The first-order chi connectivity index (χ1) is 47.5. The highest BCUT2D eigenvalue weighted by Gasteiger charge is 2.35. The molecule has 1 N–H and O–H groups in total. The molecule has 100 heavy (non-hydrogen) atoms. The summed E-state index contributed by atoms with van der Waals surface area (Å²) in [4.78, 5) is 59.7. The van der Waals surface area contributed by atoms with Gasteiger partial charge in [-0.15, -0.1) is 22.7 Å². The molecule has 10 aromatic heterocycles. The number of carbonyl (C=O) groups excluding carboxylic acids is 1. The number of nitrogens with zero attached hydrogens (tertiary/aromatic N) is 10. The number of esters is 1. The minimum absolute atomic E-state index is 0.251. The highest BCUT2D eigenvalue weighted by molar-refractivity contribution is 9.10. The Bertz CT molecular complexity index is 5470. The first-order valence-corrected chi connectivity index (χ1v) is 35.7. The van der Waals surface area contributed by atoms with Crippen LogP contribution in [0, 0.1) is 34.6 Å².